The molecule has 4 rings (SSSR count). The van der Waals surface area contributed by atoms with Gasteiger partial charge in [0, 0.05) is 33.5 Å². The minimum absolute atomic E-state index is 0.123. The number of rotatable bonds is 11. The van der Waals surface area contributed by atoms with E-state index >= 15 is 0 Å². The van der Waals surface area contributed by atoms with Gasteiger partial charge in [0.15, 0.2) is 5.78 Å². The Labute approximate surface area is 212 Å². The number of fused-ring (bicyclic) bond motifs is 1. The average Bonchev–Trinajstić information content (AvgIpc) is 3.39. The predicted octanol–water partition coefficient (Wildman–Crippen LogP) is 3.45. The second-order valence-corrected chi connectivity index (χ2v) is 12.2. The molecular weight excluding hydrogens is 505 g/mol. The summed E-state index contributed by atoms with van der Waals surface area (Å²) in [5.74, 6) is 0.740. The van der Waals surface area contributed by atoms with Gasteiger partial charge in [-0.3, -0.25) is 19.5 Å². The molecule has 2 fully saturated rings. The van der Waals surface area contributed by atoms with Crippen LogP contribution in [-0.2, 0) is 16.3 Å². The minimum atomic E-state index is -5.25. The van der Waals surface area contributed by atoms with Crippen molar-refractivity contribution in [2.45, 2.75) is 54.7 Å². The second kappa shape index (κ2) is 10.7. The molecule has 0 spiro atoms. The van der Waals surface area contributed by atoms with Gasteiger partial charge in [0.05, 0.1) is 18.5 Å². The zero-order valence-corrected chi connectivity index (χ0v) is 21.1. The number of benzene rings is 2. The average molecular weight is 534 g/mol. The van der Waals surface area contributed by atoms with Crippen LogP contribution in [0.2, 0.25) is 0 Å². The number of carbonyl (C=O) groups excluding carboxylic acids is 2. The predicted molar refractivity (Wildman–Crippen MR) is 136 cm³/mol. The molecule has 1 unspecified atom stereocenters. The Morgan fingerprint density at radius 2 is 1.81 bits per heavy atom. The van der Waals surface area contributed by atoms with Gasteiger partial charge in [0.1, 0.15) is 0 Å². The monoisotopic (exact) mass is 533 g/mol. The SMILES string of the molecule is O=C1N[C@H]2[C@H](CS[C@H]2CCCCC(=O)c2ccc(C(Cc3ccccc3)([N+](=O)[O-])P(=O)(O)O)cc2)N1. The van der Waals surface area contributed by atoms with Gasteiger partial charge in [-0.1, -0.05) is 61.0 Å². The molecule has 2 aromatic carbocycles. The van der Waals surface area contributed by atoms with Gasteiger partial charge in [-0.25, -0.2) is 4.79 Å². The molecule has 2 aliphatic heterocycles. The van der Waals surface area contributed by atoms with E-state index in [1.54, 1.807) is 30.3 Å². The maximum absolute atomic E-state index is 12.7. The molecule has 0 bridgehead atoms. The van der Waals surface area contributed by atoms with Crippen LogP contribution in [0.1, 0.15) is 47.2 Å². The van der Waals surface area contributed by atoms with Gasteiger partial charge in [0.25, 0.3) is 0 Å². The number of hydrogen-bond acceptors (Lipinski definition) is 6. The van der Waals surface area contributed by atoms with Crippen LogP contribution >= 0.6 is 19.4 Å². The summed E-state index contributed by atoms with van der Waals surface area (Å²) in [5, 5.41) is 15.6. The van der Waals surface area contributed by atoms with Crippen LogP contribution in [0.15, 0.2) is 54.6 Å². The first-order chi connectivity index (χ1) is 17.1. The van der Waals surface area contributed by atoms with Crippen molar-refractivity contribution in [1.29, 1.82) is 0 Å². The van der Waals surface area contributed by atoms with Gasteiger partial charge in [-0.05, 0) is 18.4 Å². The summed E-state index contributed by atoms with van der Waals surface area (Å²) in [6.45, 7) is 0. The van der Waals surface area contributed by atoms with E-state index < -0.39 is 24.2 Å². The standard InChI is InChI=1S/C24H28N3O7PS/c28-20(8-4-5-9-21-22-19(15-36-21)25-23(29)26-22)17-10-12-18(13-11-17)24(27(30)31,35(32,33)34)14-16-6-2-1-3-7-16/h1-3,6-7,10-13,19,21-22H,4-5,8-9,14-15H2,(H2,25,26,29)(H2,32,33,34)/t19-,21-,22-,24?/m0/s1. The molecule has 192 valence electrons. The van der Waals surface area contributed by atoms with Gasteiger partial charge < -0.3 is 20.4 Å². The molecule has 2 aliphatic rings. The van der Waals surface area contributed by atoms with E-state index in [0.717, 1.165) is 18.6 Å². The maximum atomic E-state index is 12.7. The van der Waals surface area contributed by atoms with E-state index in [2.05, 4.69) is 10.6 Å². The molecule has 12 heteroatoms. The third kappa shape index (κ3) is 5.34. The molecule has 0 aliphatic carbocycles. The van der Waals surface area contributed by atoms with Crippen LogP contribution in [0.3, 0.4) is 0 Å². The summed E-state index contributed by atoms with van der Waals surface area (Å²) >= 11 is 1.82. The molecule has 0 aromatic heterocycles. The number of Topliss-reactive ketones (excluding diaryl/α,β-unsaturated/α-hetero) is 1. The van der Waals surface area contributed by atoms with Crippen molar-refractivity contribution in [2.75, 3.05) is 5.75 Å². The fourth-order valence-corrected chi connectivity index (χ4v) is 7.50. The number of nitro groups is 1. The number of nitrogens with zero attached hydrogens (tertiary/aromatic N) is 1. The van der Waals surface area contributed by atoms with E-state index in [4.69, 9.17) is 0 Å². The van der Waals surface area contributed by atoms with Crippen LogP contribution in [0.25, 0.3) is 0 Å². The molecule has 0 radical (unpaired) electrons. The summed E-state index contributed by atoms with van der Waals surface area (Å²) in [7, 11) is -5.25. The first-order valence-electron chi connectivity index (χ1n) is 11.7. The van der Waals surface area contributed by atoms with E-state index in [1.807, 2.05) is 11.8 Å². The van der Waals surface area contributed by atoms with E-state index in [0.29, 0.717) is 29.2 Å². The Morgan fingerprint density at radius 3 is 2.44 bits per heavy atom. The smallest absolute Gasteiger partial charge is 0.332 e. The molecule has 0 saturated carbocycles. The first kappa shape index (κ1) is 26.3. The van der Waals surface area contributed by atoms with Crippen molar-refractivity contribution in [1.82, 2.24) is 10.6 Å². The zero-order chi connectivity index (χ0) is 25.9. The number of urea groups is 1. The molecule has 2 saturated heterocycles. The summed E-state index contributed by atoms with van der Waals surface area (Å²) in [5.41, 5.74) is 0.600. The Morgan fingerprint density at radius 1 is 1.11 bits per heavy atom. The number of amides is 2. The number of carbonyl (C=O) groups is 2. The lowest BCUT2D eigenvalue weighted by Gasteiger charge is -2.26. The maximum Gasteiger partial charge on any atom is 0.407 e. The Balaban J connectivity index is 1.40. The van der Waals surface area contributed by atoms with Gasteiger partial charge in [0.2, 0.25) is 0 Å². The quantitative estimate of drug-likeness (QED) is 0.0854. The summed E-state index contributed by atoms with van der Waals surface area (Å²) in [6, 6.07) is 13.6. The van der Waals surface area contributed by atoms with E-state index in [-0.39, 0.29) is 29.5 Å². The van der Waals surface area contributed by atoms with E-state index in [9.17, 15) is 34.1 Å². The molecule has 36 heavy (non-hydrogen) atoms. The van der Waals surface area contributed by atoms with Crippen molar-refractivity contribution in [3.8, 4) is 0 Å². The highest BCUT2D eigenvalue weighted by Gasteiger charge is 2.60. The Kier molecular flexibility index (Phi) is 7.85. The topological polar surface area (TPSA) is 159 Å². The van der Waals surface area contributed by atoms with Gasteiger partial charge in [-0.2, -0.15) is 11.8 Å². The molecule has 2 aromatic rings. The van der Waals surface area contributed by atoms with Crippen LogP contribution in [0.4, 0.5) is 4.79 Å². The first-order valence-corrected chi connectivity index (χ1v) is 14.3. The highest BCUT2D eigenvalue weighted by molar-refractivity contribution is 8.00. The molecule has 10 nitrogen and oxygen atoms in total. The molecule has 2 heterocycles. The van der Waals surface area contributed by atoms with Gasteiger partial charge >= 0.3 is 18.9 Å². The summed E-state index contributed by atoms with van der Waals surface area (Å²) in [6.07, 6.45) is 2.16. The van der Waals surface area contributed by atoms with Crippen molar-refractivity contribution in [3.63, 3.8) is 0 Å². The normalized spacial score (nSPS) is 22.8. The van der Waals surface area contributed by atoms with Crippen LogP contribution in [0.5, 0.6) is 0 Å². The van der Waals surface area contributed by atoms with Crippen molar-refractivity contribution in [3.05, 3.63) is 81.4 Å². The zero-order valence-electron chi connectivity index (χ0n) is 19.4. The van der Waals surface area contributed by atoms with Crippen molar-refractivity contribution in [2.24, 2.45) is 0 Å². The van der Waals surface area contributed by atoms with Crippen molar-refractivity contribution >= 4 is 31.2 Å². The molecular formula is C24H28N3O7PS. The lowest BCUT2D eigenvalue weighted by atomic mass is 9.96. The molecule has 2 amide bonds. The van der Waals surface area contributed by atoms with Crippen LogP contribution in [-0.4, -0.2) is 49.6 Å². The molecule has 4 N–H and O–H groups in total. The number of nitrogens with one attached hydrogen (secondary N) is 2. The summed E-state index contributed by atoms with van der Waals surface area (Å²) < 4.78 is 12.4. The number of thioether (sulfide) groups is 1. The number of hydrogen-bond donors (Lipinski definition) is 4. The summed E-state index contributed by atoms with van der Waals surface area (Å²) in [4.78, 5) is 55.5. The minimum Gasteiger partial charge on any atom is -0.332 e. The lowest BCUT2D eigenvalue weighted by molar-refractivity contribution is -0.553. The fourth-order valence-electron chi connectivity index (χ4n) is 4.87. The Bertz CT molecular complexity index is 1170. The number of unbranched alkanes of at least 4 members (excludes halogenated alkanes) is 1. The third-order valence-electron chi connectivity index (χ3n) is 6.83. The van der Waals surface area contributed by atoms with Gasteiger partial charge in [-0.15, -0.1) is 0 Å². The second-order valence-electron chi connectivity index (χ2n) is 9.15. The highest BCUT2D eigenvalue weighted by Crippen LogP contribution is 2.59. The largest absolute Gasteiger partial charge is 0.407 e. The highest BCUT2D eigenvalue weighted by atomic mass is 32.2. The van der Waals surface area contributed by atoms with Crippen molar-refractivity contribution < 1.29 is 28.9 Å². The molecule has 4 atom stereocenters. The third-order valence-corrected chi connectivity index (χ3v) is 9.88. The van der Waals surface area contributed by atoms with Crippen LogP contribution < -0.4 is 10.6 Å². The lowest BCUT2D eigenvalue weighted by Crippen LogP contribution is -2.37. The fraction of sp³-hybridized carbons (Fsp3) is 0.417. The van der Waals surface area contributed by atoms with E-state index in [1.165, 1.54) is 24.3 Å². The van der Waals surface area contributed by atoms with Crippen LogP contribution in [0, 0.1) is 10.1 Å². The Hall–Kier alpha value is -2.72. The number of ketones is 1.